The van der Waals surface area contributed by atoms with Crippen molar-refractivity contribution in [2.24, 2.45) is 5.92 Å². The topological polar surface area (TPSA) is 44.8 Å². The predicted octanol–water partition coefficient (Wildman–Crippen LogP) is 0.701. The number of methoxy groups -OCH3 is 1. The summed E-state index contributed by atoms with van der Waals surface area (Å²) >= 11 is 0. The van der Waals surface area contributed by atoms with Gasteiger partial charge in [0.2, 0.25) is 0 Å². The highest BCUT2D eigenvalue weighted by Crippen LogP contribution is 2.44. The highest BCUT2D eigenvalue weighted by molar-refractivity contribution is 5.73. The maximum Gasteiger partial charge on any atom is 0.311 e. The predicted molar refractivity (Wildman–Crippen MR) is 44.0 cm³/mol. The number of carbonyl (C=O) groups is 1. The average Bonchev–Trinajstić information content (AvgIpc) is 2.74. The van der Waals surface area contributed by atoms with Crippen LogP contribution in [0.3, 0.4) is 0 Å². The van der Waals surface area contributed by atoms with Crippen LogP contribution in [0.1, 0.15) is 19.8 Å². The minimum atomic E-state index is -0.497. The molecule has 4 heteroatoms. The fourth-order valence-electron chi connectivity index (χ4n) is 2.07. The zero-order valence-electron chi connectivity index (χ0n) is 7.91. The summed E-state index contributed by atoms with van der Waals surface area (Å²) < 4.78 is 15.8. The summed E-state index contributed by atoms with van der Waals surface area (Å²) in [6, 6.07) is 0. The van der Waals surface area contributed by atoms with Crippen LogP contribution in [0, 0.1) is 5.92 Å². The highest BCUT2D eigenvalue weighted by Gasteiger charge is 2.55. The highest BCUT2D eigenvalue weighted by atomic mass is 16.8. The molecule has 2 rings (SSSR count). The molecule has 0 aliphatic carbocycles. The fourth-order valence-corrected chi connectivity index (χ4v) is 2.07. The van der Waals surface area contributed by atoms with E-state index in [-0.39, 0.29) is 18.0 Å². The first-order valence-corrected chi connectivity index (χ1v) is 4.60. The van der Waals surface area contributed by atoms with Gasteiger partial charge in [-0.3, -0.25) is 4.79 Å². The van der Waals surface area contributed by atoms with Crippen molar-refractivity contribution in [2.45, 2.75) is 31.7 Å². The minimum absolute atomic E-state index is 0.0904. The molecule has 74 valence electrons. The van der Waals surface area contributed by atoms with Crippen LogP contribution in [0.5, 0.6) is 0 Å². The summed E-state index contributed by atoms with van der Waals surface area (Å²) in [4.78, 5) is 11.3. The van der Waals surface area contributed by atoms with Crippen molar-refractivity contribution in [3.05, 3.63) is 0 Å². The molecule has 13 heavy (non-hydrogen) atoms. The molecule has 2 fully saturated rings. The first-order valence-electron chi connectivity index (χ1n) is 4.60. The first-order chi connectivity index (χ1) is 6.21. The molecule has 2 heterocycles. The second-order valence-electron chi connectivity index (χ2n) is 3.57. The van der Waals surface area contributed by atoms with Gasteiger partial charge in [0.25, 0.3) is 0 Å². The van der Waals surface area contributed by atoms with E-state index in [1.807, 2.05) is 6.92 Å². The molecule has 0 spiro atoms. The van der Waals surface area contributed by atoms with Crippen LogP contribution >= 0.6 is 0 Å². The van der Waals surface area contributed by atoms with Crippen molar-refractivity contribution in [1.82, 2.24) is 0 Å². The molecule has 0 N–H and O–H groups in total. The number of esters is 1. The van der Waals surface area contributed by atoms with E-state index < -0.39 is 5.79 Å². The van der Waals surface area contributed by atoms with E-state index in [9.17, 15) is 4.79 Å². The number of rotatable bonds is 2. The van der Waals surface area contributed by atoms with Gasteiger partial charge in [0, 0.05) is 6.42 Å². The van der Waals surface area contributed by atoms with Gasteiger partial charge in [-0.25, -0.2) is 0 Å². The summed E-state index contributed by atoms with van der Waals surface area (Å²) in [5.74, 6) is -0.800. The van der Waals surface area contributed by atoms with Crippen LogP contribution in [0.2, 0.25) is 0 Å². The van der Waals surface area contributed by atoms with Crippen LogP contribution in [0.15, 0.2) is 0 Å². The number of carbonyl (C=O) groups excluding carboxylic acids is 1. The van der Waals surface area contributed by atoms with E-state index in [2.05, 4.69) is 0 Å². The number of ether oxygens (including phenoxy) is 3. The van der Waals surface area contributed by atoms with Crippen molar-refractivity contribution < 1.29 is 19.0 Å². The molecule has 2 saturated heterocycles. The second-order valence-corrected chi connectivity index (χ2v) is 3.57. The quantitative estimate of drug-likeness (QED) is 0.595. The standard InChI is InChI=1S/C9H14O4/c1-3-9-4-6(8(10)11-2)7(13-9)5-12-9/h6-7H,3-5H2,1-2H3/t6-,7-,9-/m1/s1. The lowest BCUT2D eigenvalue weighted by Crippen LogP contribution is -2.34. The molecule has 0 aromatic rings. The van der Waals surface area contributed by atoms with Gasteiger partial charge in [-0.1, -0.05) is 6.92 Å². The lowest BCUT2D eigenvalue weighted by molar-refractivity contribution is -0.154. The van der Waals surface area contributed by atoms with E-state index in [4.69, 9.17) is 14.2 Å². The second kappa shape index (κ2) is 2.96. The lowest BCUT2D eigenvalue weighted by Gasteiger charge is -2.24. The van der Waals surface area contributed by atoms with Crippen molar-refractivity contribution in [1.29, 1.82) is 0 Å². The smallest absolute Gasteiger partial charge is 0.311 e. The Labute approximate surface area is 77.1 Å². The molecule has 2 bridgehead atoms. The minimum Gasteiger partial charge on any atom is -0.469 e. The lowest BCUT2D eigenvalue weighted by atomic mass is 9.95. The van der Waals surface area contributed by atoms with Crippen LogP contribution in [-0.2, 0) is 19.0 Å². The van der Waals surface area contributed by atoms with Crippen LogP contribution < -0.4 is 0 Å². The van der Waals surface area contributed by atoms with Gasteiger partial charge in [0.05, 0.1) is 25.7 Å². The third-order valence-corrected chi connectivity index (χ3v) is 2.90. The Bertz CT molecular complexity index is 228. The van der Waals surface area contributed by atoms with E-state index in [0.29, 0.717) is 13.0 Å². The van der Waals surface area contributed by atoms with Gasteiger partial charge in [0.15, 0.2) is 5.79 Å². The molecular weight excluding hydrogens is 172 g/mol. The van der Waals surface area contributed by atoms with Crippen LogP contribution in [-0.4, -0.2) is 31.6 Å². The Balaban J connectivity index is 2.09. The molecular formula is C9H14O4. The van der Waals surface area contributed by atoms with Gasteiger partial charge >= 0.3 is 5.97 Å². The molecule has 0 amide bonds. The zero-order valence-corrected chi connectivity index (χ0v) is 7.91. The Morgan fingerprint density at radius 2 is 2.46 bits per heavy atom. The maximum absolute atomic E-state index is 11.3. The van der Waals surface area contributed by atoms with E-state index in [1.54, 1.807) is 0 Å². The van der Waals surface area contributed by atoms with Gasteiger partial charge in [-0.2, -0.15) is 0 Å². The molecule has 0 unspecified atom stereocenters. The monoisotopic (exact) mass is 186 g/mol. The fraction of sp³-hybridized carbons (Fsp3) is 0.889. The SMILES string of the molecule is CC[C@@]12C[C@@H](C(=O)OC)[C@@H](CO1)O2. The van der Waals surface area contributed by atoms with Crippen LogP contribution in [0.25, 0.3) is 0 Å². The third kappa shape index (κ3) is 1.25. The zero-order chi connectivity index (χ0) is 9.47. The normalized spacial score (nSPS) is 42.3. The molecule has 0 aromatic carbocycles. The molecule has 0 radical (unpaired) electrons. The third-order valence-electron chi connectivity index (χ3n) is 2.90. The summed E-state index contributed by atoms with van der Waals surface area (Å²) in [5.41, 5.74) is 0. The van der Waals surface area contributed by atoms with Gasteiger partial charge in [-0.05, 0) is 6.42 Å². The molecule has 2 aliphatic heterocycles. The van der Waals surface area contributed by atoms with Crippen molar-refractivity contribution >= 4 is 5.97 Å². The Hall–Kier alpha value is -0.610. The van der Waals surface area contributed by atoms with E-state index in [0.717, 1.165) is 6.42 Å². The van der Waals surface area contributed by atoms with E-state index >= 15 is 0 Å². The largest absolute Gasteiger partial charge is 0.469 e. The number of hydrogen-bond acceptors (Lipinski definition) is 4. The summed E-state index contributed by atoms with van der Waals surface area (Å²) in [6.45, 7) is 2.52. The first kappa shape index (κ1) is 8.97. The van der Waals surface area contributed by atoms with Crippen molar-refractivity contribution in [3.8, 4) is 0 Å². The Morgan fingerprint density at radius 1 is 1.69 bits per heavy atom. The Kier molecular flexibility index (Phi) is 2.04. The molecule has 3 atom stereocenters. The van der Waals surface area contributed by atoms with Crippen LogP contribution in [0.4, 0.5) is 0 Å². The summed E-state index contributed by atoms with van der Waals surface area (Å²) in [5, 5.41) is 0. The summed E-state index contributed by atoms with van der Waals surface area (Å²) in [6.07, 6.45) is 1.34. The average molecular weight is 186 g/mol. The van der Waals surface area contributed by atoms with Gasteiger partial charge in [0.1, 0.15) is 0 Å². The van der Waals surface area contributed by atoms with E-state index in [1.165, 1.54) is 7.11 Å². The molecule has 2 aliphatic rings. The number of hydrogen-bond donors (Lipinski definition) is 0. The summed E-state index contributed by atoms with van der Waals surface area (Å²) in [7, 11) is 1.41. The van der Waals surface area contributed by atoms with Gasteiger partial charge in [-0.15, -0.1) is 0 Å². The van der Waals surface area contributed by atoms with Crippen molar-refractivity contribution in [2.75, 3.05) is 13.7 Å². The molecule has 0 saturated carbocycles. The molecule has 4 nitrogen and oxygen atoms in total. The maximum atomic E-state index is 11.3. The Morgan fingerprint density at radius 3 is 3.00 bits per heavy atom. The number of fused-ring (bicyclic) bond motifs is 2. The molecule has 0 aromatic heterocycles. The van der Waals surface area contributed by atoms with Crippen molar-refractivity contribution in [3.63, 3.8) is 0 Å². The van der Waals surface area contributed by atoms with Gasteiger partial charge < -0.3 is 14.2 Å².